The van der Waals surface area contributed by atoms with Gasteiger partial charge in [0.25, 0.3) is 5.91 Å². The number of carbonyl (C=O) groups excluding carboxylic acids is 1. The maximum atomic E-state index is 12.1. The van der Waals surface area contributed by atoms with Gasteiger partial charge in [0, 0.05) is 5.02 Å². The van der Waals surface area contributed by atoms with E-state index in [0.29, 0.717) is 10.8 Å². The third-order valence-corrected chi connectivity index (χ3v) is 3.77. The Morgan fingerprint density at radius 2 is 2.20 bits per heavy atom. The van der Waals surface area contributed by atoms with Crippen LogP contribution in [-0.4, -0.2) is 29.3 Å². The molecule has 110 valence electrons. The second kappa shape index (κ2) is 6.95. The number of hydrogen-bond acceptors (Lipinski definition) is 3. The van der Waals surface area contributed by atoms with Crippen LogP contribution >= 0.6 is 11.6 Å². The second-order valence-electron chi connectivity index (χ2n) is 5.18. The fourth-order valence-corrected chi connectivity index (χ4v) is 2.56. The van der Waals surface area contributed by atoms with Gasteiger partial charge >= 0.3 is 0 Å². The molecule has 2 N–H and O–H groups in total. The highest BCUT2D eigenvalue weighted by molar-refractivity contribution is 6.30. The summed E-state index contributed by atoms with van der Waals surface area (Å²) < 4.78 is 5.56. The minimum absolute atomic E-state index is 0.165. The number of nitrogens with one attached hydrogen (secondary N) is 1. The van der Waals surface area contributed by atoms with E-state index in [1.54, 1.807) is 31.2 Å². The topological polar surface area (TPSA) is 58.6 Å². The first-order chi connectivity index (χ1) is 9.56. The number of aliphatic hydroxyl groups excluding tert-OH is 1. The minimum atomic E-state index is -0.623. The Morgan fingerprint density at radius 3 is 2.90 bits per heavy atom. The molecular weight excluding hydrogens is 278 g/mol. The summed E-state index contributed by atoms with van der Waals surface area (Å²) in [4.78, 5) is 12.1. The Hall–Kier alpha value is -1.26. The summed E-state index contributed by atoms with van der Waals surface area (Å²) in [6.07, 6.45) is 2.53. The highest BCUT2D eigenvalue weighted by Crippen LogP contribution is 2.20. The first-order valence-corrected chi connectivity index (χ1v) is 7.34. The molecule has 1 aliphatic rings. The minimum Gasteiger partial charge on any atom is -0.481 e. The van der Waals surface area contributed by atoms with E-state index in [9.17, 15) is 9.90 Å². The van der Waals surface area contributed by atoms with Crippen molar-refractivity contribution in [1.82, 2.24) is 5.32 Å². The van der Waals surface area contributed by atoms with Crippen LogP contribution in [0.2, 0.25) is 5.02 Å². The smallest absolute Gasteiger partial charge is 0.261 e. The second-order valence-corrected chi connectivity index (χ2v) is 5.62. The quantitative estimate of drug-likeness (QED) is 0.898. The Kier molecular flexibility index (Phi) is 5.26. The van der Waals surface area contributed by atoms with Crippen molar-refractivity contribution in [2.75, 3.05) is 0 Å². The maximum Gasteiger partial charge on any atom is 0.261 e. The molecule has 20 heavy (non-hydrogen) atoms. The van der Waals surface area contributed by atoms with Crippen molar-refractivity contribution in [3.63, 3.8) is 0 Å². The van der Waals surface area contributed by atoms with E-state index in [-0.39, 0.29) is 11.9 Å². The summed E-state index contributed by atoms with van der Waals surface area (Å²) in [7, 11) is 0. The fraction of sp³-hybridized carbons (Fsp3) is 0.533. The highest BCUT2D eigenvalue weighted by atomic mass is 35.5. The molecule has 1 fully saturated rings. The molecule has 1 aromatic carbocycles. The molecule has 0 bridgehead atoms. The highest BCUT2D eigenvalue weighted by Gasteiger charge is 2.26. The largest absolute Gasteiger partial charge is 0.481 e. The number of hydrogen-bond donors (Lipinski definition) is 2. The van der Waals surface area contributed by atoms with Crippen LogP contribution in [0.4, 0.5) is 0 Å². The monoisotopic (exact) mass is 297 g/mol. The van der Waals surface area contributed by atoms with Gasteiger partial charge in [-0.05, 0) is 38.0 Å². The SMILES string of the molecule is CC(Oc1cccc(Cl)c1)C(=O)N[C@H]1CCCC[C@@H]1O. The first kappa shape index (κ1) is 15.1. The van der Waals surface area contributed by atoms with Crippen molar-refractivity contribution in [2.45, 2.75) is 50.9 Å². The Morgan fingerprint density at radius 1 is 1.45 bits per heavy atom. The normalized spacial score (nSPS) is 23.9. The molecule has 0 spiro atoms. The number of halogens is 1. The van der Waals surface area contributed by atoms with Crippen molar-refractivity contribution in [3.05, 3.63) is 29.3 Å². The molecule has 2 rings (SSSR count). The van der Waals surface area contributed by atoms with Gasteiger partial charge in [-0.15, -0.1) is 0 Å². The molecule has 1 saturated carbocycles. The summed E-state index contributed by atoms with van der Waals surface area (Å²) in [5, 5.41) is 13.3. The van der Waals surface area contributed by atoms with Gasteiger partial charge in [-0.1, -0.05) is 30.5 Å². The van der Waals surface area contributed by atoms with Gasteiger partial charge in [-0.2, -0.15) is 0 Å². The van der Waals surface area contributed by atoms with Crippen molar-refractivity contribution >= 4 is 17.5 Å². The maximum absolute atomic E-state index is 12.1. The lowest BCUT2D eigenvalue weighted by molar-refractivity contribution is -0.129. The standard InChI is InChI=1S/C15H20ClNO3/c1-10(20-12-6-4-5-11(16)9-12)15(19)17-13-7-2-3-8-14(13)18/h4-6,9-10,13-14,18H,2-3,7-8H2,1H3,(H,17,19)/t10?,13-,14-/m0/s1. The van der Waals surface area contributed by atoms with E-state index in [0.717, 1.165) is 25.7 Å². The number of aliphatic hydroxyl groups is 1. The van der Waals surface area contributed by atoms with Crippen molar-refractivity contribution in [3.8, 4) is 5.75 Å². The van der Waals surface area contributed by atoms with Crippen LogP contribution in [-0.2, 0) is 4.79 Å². The molecule has 0 aromatic heterocycles. The molecular formula is C15H20ClNO3. The molecule has 4 nitrogen and oxygen atoms in total. The van der Waals surface area contributed by atoms with E-state index in [1.807, 2.05) is 0 Å². The van der Waals surface area contributed by atoms with Crippen LogP contribution in [0.25, 0.3) is 0 Å². The lowest BCUT2D eigenvalue weighted by Crippen LogP contribution is -2.49. The van der Waals surface area contributed by atoms with Gasteiger partial charge < -0.3 is 15.2 Å². The number of amides is 1. The molecule has 1 unspecified atom stereocenters. The third kappa shape index (κ3) is 4.12. The van der Waals surface area contributed by atoms with Gasteiger partial charge in [0.1, 0.15) is 5.75 Å². The van der Waals surface area contributed by atoms with Crippen molar-refractivity contribution in [2.24, 2.45) is 0 Å². The van der Waals surface area contributed by atoms with Crippen LogP contribution in [0, 0.1) is 0 Å². The summed E-state index contributed by atoms with van der Waals surface area (Å²) in [6.45, 7) is 1.69. The predicted octanol–water partition coefficient (Wildman–Crippen LogP) is 2.53. The lowest BCUT2D eigenvalue weighted by Gasteiger charge is -2.29. The zero-order valence-corrected chi connectivity index (χ0v) is 12.3. The zero-order chi connectivity index (χ0) is 14.5. The molecule has 1 amide bonds. The Bertz CT molecular complexity index is 466. The van der Waals surface area contributed by atoms with Gasteiger partial charge in [0.15, 0.2) is 6.10 Å². The van der Waals surface area contributed by atoms with Crippen LogP contribution in [0.1, 0.15) is 32.6 Å². The Labute approximate surface area is 124 Å². The summed E-state index contributed by atoms with van der Waals surface area (Å²) in [6, 6.07) is 6.78. The van der Waals surface area contributed by atoms with E-state index < -0.39 is 12.2 Å². The number of ether oxygens (including phenoxy) is 1. The van der Waals surface area contributed by atoms with Crippen LogP contribution in [0.3, 0.4) is 0 Å². The van der Waals surface area contributed by atoms with Gasteiger partial charge in [0.05, 0.1) is 12.1 Å². The van der Waals surface area contributed by atoms with Crippen molar-refractivity contribution in [1.29, 1.82) is 0 Å². The number of rotatable bonds is 4. The Balaban J connectivity index is 1.88. The summed E-state index contributed by atoms with van der Waals surface area (Å²) in [5.74, 6) is 0.347. The van der Waals surface area contributed by atoms with Gasteiger partial charge in [-0.3, -0.25) is 4.79 Å². The van der Waals surface area contributed by atoms with E-state index in [2.05, 4.69) is 5.32 Å². The molecule has 0 heterocycles. The third-order valence-electron chi connectivity index (χ3n) is 3.54. The average Bonchev–Trinajstić information content (AvgIpc) is 2.41. The predicted molar refractivity (Wildman–Crippen MR) is 77.9 cm³/mol. The van der Waals surface area contributed by atoms with E-state index in [4.69, 9.17) is 16.3 Å². The zero-order valence-electron chi connectivity index (χ0n) is 11.5. The summed E-state index contributed by atoms with van der Waals surface area (Å²) in [5.41, 5.74) is 0. The molecule has 1 aliphatic carbocycles. The van der Waals surface area contributed by atoms with Gasteiger partial charge in [-0.25, -0.2) is 0 Å². The summed E-state index contributed by atoms with van der Waals surface area (Å²) >= 11 is 5.87. The van der Waals surface area contributed by atoms with E-state index in [1.165, 1.54) is 0 Å². The molecule has 0 radical (unpaired) electrons. The number of benzene rings is 1. The average molecular weight is 298 g/mol. The molecule has 0 aliphatic heterocycles. The lowest BCUT2D eigenvalue weighted by atomic mass is 9.92. The molecule has 1 aromatic rings. The van der Waals surface area contributed by atoms with E-state index >= 15 is 0 Å². The van der Waals surface area contributed by atoms with Crippen LogP contribution in [0.5, 0.6) is 5.75 Å². The number of carbonyl (C=O) groups is 1. The van der Waals surface area contributed by atoms with Crippen LogP contribution < -0.4 is 10.1 Å². The first-order valence-electron chi connectivity index (χ1n) is 6.97. The molecule has 3 atom stereocenters. The fourth-order valence-electron chi connectivity index (χ4n) is 2.38. The molecule has 0 saturated heterocycles. The molecule has 5 heteroatoms. The van der Waals surface area contributed by atoms with Crippen molar-refractivity contribution < 1.29 is 14.6 Å². The van der Waals surface area contributed by atoms with Crippen LogP contribution in [0.15, 0.2) is 24.3 Å². The van der Waals surface area contributed by atoms with Gasteiger partial charge in [0.2, 0.25) is 0 Å².